The van der Waals surface area contributed by atoms with Gasteiger partial charge in [0.1, 0.15) is 6.04 Å². The maximum absolute atomic E-state index is 13.6. The van der Waals surface area contributed by atoms with Gasteiger partial charge in [-0.3, -0.25) is 14.4 Å². The van der Waals surface area contributed by atoms with Crippen LogP contribution in [0, 0.1) is 6.92 Å². The topological polar surface area (TPSA) is 69.7 Å². The van der Waals surface area contributed by atoms with Crippen molar-refractivity contribution in [2.75, 3.05) is 18.0 Å². The third kappa shape index (κ3) is 5.85. The summed E-state index contributed by atoms with van der Waals surface area (Å²) in [6, 6.07) is 19.3. The Hall–Kier alpha value is -3.67. The molecule has 6 nitrogen and oxygen atoms in total. The molecule has 0 fully saturated rings. The van der Waals surface area contributed by atoms with E-state index in [1.807, 2.05) is 74.5 Å². The molecular formula is C31H37N3O3. The van der Waals surface area contributed by atoms with Crippen LogP contribution < -0.4 is 10.2 Å². The van der Waals surface area contributed by atoms with Crippen LogP contribution in [0.4, 0.5) is 5.69 Å². The number of benzene rings is 3. The highest BCUT2D eigenvalue weighted by atomic mass is 16.2. The lowest BCUT2D eigenvalue weighted by Gasteiger charge is -2.31. The molecule has 4 rings (SSSR count). The van der Waals surface area contributed by atoms with E-state index in [9.17, 15) is 14.4 Å². The van der Waals surface area contributed by atoms with Crippen molar-refractivity contribution in [3.05, 3.63) is 77.4 Å². The fourth-order valence-corrected chi connectivity index (χ4v) is 5.05. The first-order chi connectivity index (χ1) is 17.9. The van der Waals surface area contributed by atoms with Crippen LogP contribution in [-0.4, -0.2) is 41.8 Å². The maximum Gasteiger partial charge on any atom is 0.258 e. The SMILES string of the molecule is CCCCNC(=O)[C@H](CC)N(Cc1ccc(C)cc1)C(=O)CCCN1C(=O)c2cccc3cccc1c23. The minimum atomic E-state index is -0.530. The Morgan fingerprint density at radius 1 is 0.973 bits per heavy atom. The van der Waals surface area contributed by atoms with Crippen LogP contribution in [0.3, 0.4) is 0 Å². The minimum absolute atomic E-state index is 0.0162. The molecule has 1 aliphatic heterocycles. The fourth-order valence-electron chi connectivity index (χ4n) is 5.05. The van der Waals surface area contributed by atoms with Gasteiger partial charge in [-0.25, -0.2) is 0 Å². The van der Waals surface area contributed by atoms with E-state index in [1.54, 1.807) is 9.80 Å². The predicted octanol–water partition coefficient (Wildman–Crippen LogP) is 5.61. The minimum Gasteiger partial charge on any atom is -0.354 e. The molecule has 3 amide bonds. The number of carbonyl (C=O) groups is 3. The highest BCUT2D eigenvalue weighted by molar-refractivity contribution is 6.25. The Morgan fingerprint density at radius 3 is 2.41 bits per heavy atom. The zero-order chi connectivity index (χ0) is 26.4. The number of nitrogens with one attached hydrogen (secondary N) is 1. The Morgan fingerprint density at radius 2 is 1.70 bits per heavy atom. The van der Waals surface area contributed by atoms with Gasteiger partial charge in [0.05, 0.1) is 5.69 Å². The van der Waals surface area contributed by atoms with Gasteiger partial charge in [-0.1, -0.05) is 74.4 Å². The van der Waals surface area contributed by atoms with Gasteiger partial charge in [0.15, 0.2) is 0 Å². The third-order valence-electron chi connectivity index (χ3n) is 7.11. The molecule has 1 aliphatic rings. The lowest BCUT2D eigenvalue weighted by Crippen LogP contribution is -2.49. The van der Waals surface area contributed by atoms with Gasteiger partial charge in [-0.05, 0) is 49.3 Å². The number of anilines is 1. The largest absolute Gasteiger partial charge is 0.354 e. The molecule has 37 heavy (non-hydrogen) atoms. The number of hydrogen-bond acceptors (Lipinski definition) is 3. The average Bonchev–Trinajstić information content (AvgIpc) is 3.18. The van der Waals surface area contributed by atoms with Crippen molar-refractivity contribution in [3.63, 3.8) is 0 Å². The van der Waals surface area contributed by atoms with Gasteiger partial charge >= 0.3 is 0 Å². The molecule has 194 valence electrons. The monoisotopic (exact) mass is 499 g/mol. The van der Waals surface area contributed by atoms with Crippen molar-refractivity contribution < 1.29 is 14.4 Å². The smallest absolute Gasteiger partial charge is 0.258 e. The molecule has 3 aromatic rings. The van der Waals surface area contributed by atoms with Gasteiger partial charge < -0.3 is 15.1 Å². The van der Waals surface area contributed by atoms with Crippen molar-refractivity contribution in [1.82, 2.24) is 10.2 Å². The normalized spacial score (nSPS) is 13.2. The van der Waals surface area contributed by atoms with E-state index in [0.29, 0.717) is 32.5 Å². The second kappa shape index (κ2) is 12.0. The van der Waals surface area contributed by atoms with Gasteiger partial charge in [0.25, 0.3) is 5.91 Å². The average molecular weight is 500 g/mol. The van der Waals surface area contributed by atoms with Gasteiger partial charge in [-0.2, -0.15) is 0 Å². The third-order valence-corrected chi connectivity index (χ3v) is 7.11. The lowest BCUT2D eigenvalue weighted by molar-refractivity contribution is -0.141. The Kier molecular flexibility index (Phi) is 8.59. The van der Waals surface area contributed by atoms with E-state index in [-0.39, 0.29) is 24.1 Å². The first-order valence-corrected chi connectivity index (χ1v) is 13.4. The summed E-state index contributed by atoms with van der Waals surface area (Å²) in [6.07, 6.45) is 3.23. The van der Waals surface area contributed by atoms with E-state index in [2.05, 4.69) is 12.2 Å². The molecule has 0 aliphatic carbocycles. The first kappa shape index (κ1) is 26.4. The summed E-state index contributed by atoms with van der Waals surface area (Å²) in [5, 5.41) is 5.04. The standard InChI is InChI=1S/C31H37N3O3/c1-4-6-19-32-30(36)26(5-2)34(21-23-17-15-22(3)16-18-23)28(35)14-9-20-33-27-13-8-11-24-10-7-12-25(29(24)27)31(33)37/h7-8,10-13,15-18,26H,4-6,9,14,19-21H2,1-3H3,(H,32,36)/t26-/m0/s1. The molecule has 0 saturated carbocycles. The molecule has 0 saturated heterocycles. The summed E-state index contributed by atoms with van der Waals surface area (Å²) >= 11 is 0. The van der Waals surface area contributed by atoms with Crippen molar-refractivity contribution >= 4 is 34.2 Å². The molecule has 6 heteroatoms. The zero-order valence-electron chi connectivity index (χ0n) is 22.1. The molecule has 0 aromatic heterocycles. The summed E-state index contributed by atoms with van der Waals surface area (Å²) in [6.45, 7) is 7.51. The molecule has 1 atom stereocenters. The number of rotatable bonds is 12. The van der Waals surface area contributed by atoms with E-state index < -0.39 is 6.04 Å². The van der Waals surface area contributed by atoms with E-state index in [4.69, 9.17) is 0 Å². The molecule has 1 heterocycles. The highest BCUT2D eigenvalue weighted by Gasteiger charge is 2.31. The number of hydrogen-bond donors (Lipinski definition) is 1. The summed E-state index contributed by atoms with van der Waals surface area (Å²) in [4.78, 5) is 43.2. The quantitative estimate of drug-likeness (QED) is 0.329. The Labute approximate surface area is 219 Å². The Balaban J connectivity index is 1.46. The second-order valence-corrected chi connectivity index (χ2v) is 9.82. The van der Waals surface area contributed by atoms with Crippen LogP contribution in [0.15, 0.2) is 60.7 Å². The highest BCUT2D eigenvalue weighted by Crippen LogP contribution is 2.37. The maximum atomic E-state index is 13.6. The molecule has 0 bridgehead atoms. The lowest BCUT2D eigenvalue weighted by atomic mass is 10.1. The number of aryl methyl sites for hydroxylation is 1. The van der Waals surface area contributed by atoms with E-state index >= 15 is 0 Å². The number of amides is 3. The summed E-state index contributed by atoms with van der Waals surface area (Å²) in [7, 11) is 0. The first-order valence-electron chi connectivity index (χ1n) is 13.4. The van der Waals surface area contributed by atoms with Crippen LogP contribution >= 0.6 is 0 Å². The van der Waals surface area contributed by atoms with Crippen molar-refractivity contribution in [1.29, 1.82) is 0 Å². The molecular weight excluding hydrogens is 462 g/mol. The predicted molar refractivity (Wildman–Crippen MR) is 149 cm³/mol. The van der Waals surface area contributed by atoms with Crippen molar-refractivity contribution in [2.45, 2.75) is 65.5 Å². The van der Waals surface area contributed by atoms with Crippen molar-refractivity contribution in [2.24, 2.45) is 0 Å². The molecule has 3 aromatic carbocycles. The Bertz CT molecular complexity index is 1260. The van der Waals surface area contributed by atoms with Crippen LogP contribution in [0.2, 0.25) is 0 Å². The zero-order valence-corrected chi connectivity index (χ0v) is 22.1. The van der Waals surface area contributed by atoms with E-state index in [1.165, 1.54) is 0 Å². The van der Waals surface area contributed by atoms with Crippen LogP contribution in [0.5, 0.6) is 0 Å². The van der Waals surface area contributed by atoms with E-state index in [0.717, 1.165) is 46.0 Å². The molecule has 0 spiro atoms. The van der Waals surface area contributed by atoms with Gasteiger partial charge in [0, 0.05) is 37.0 Å². The van der Waals surface area contributed by atoms with Crippen LogP contribution in [0.25, 0.3) is 10.8 Å². The summed E-state index contributed by atoms with van der Waals surface area (Å²) in [5.74, 6) is -0.189. The number of nitrogens with zero attached hydrogens (tertiary/aromatic N) is 2. The van der Waals surface area contributed by atoms with Crippen LogP contribution in [0.1, 0.15) is 67.4 Å². The summed E-state index contributed by atoms with van der Waals surface area (Å²) < 4.78 is 0. The molecule has 0 radical (unpaired) electrons. The molecule has 1 N–H and O–H groups in total. The van der Waals surface area contributed by atoms with Crippen molar-refractivity contribution in [3.8, 4) is 0 Å². The number of unbranched alkanes of at least 4 members (excludes halogenated alkanes) is 1. The second-order valence-electron chi connectivity index (χ2n) is 9.82. The van der Waals surface area contributed by atoms with Gasteiger partial charge in [0.2, 0.25) is 11.8 Å². The van der Waals surface area contributed by atoms with Crippen LogP contribution in [-0.2, 0) is 16.1 Å². The summed E-state index contributed by atoms with van der Waals surface area (Å²) in [5.41, 5.74) is 3.77. The molecule has 0 unspecified atom stereocenters. The van der Waals surface area contributed by atoms with Gasteiger partial charge in [-0.15, -0.1) is 0 Å². The fraction of sp³-hybridized carbons (Fsp3) is 0.387. The number of carbonyl (C=O) groups excluding carboxylic acids is 3.